The standard InChI is InChI=1S/C20H23N3O3/c1-13-4-3-5-17(8-13)26-18-9-15-11-22(12-16(15)10-18)20(25)23-7-6-19(21-23)14(2)24/h3-8,15-16,18H,9-12H2,1-2H3/t15-,16+,18+. The van der Waals surface area contributed by atoms with Gasteiger partial charge in [-0.1, -0.05) is 12.1 Å². The van der Waals surface area contributed by atoms with Gasteiger partial charge in [0.1, 0.15) is 11.4 Å². The first-order valence-electron chi connectivity index (χ1n) is 9.09. The zero-order valence-electron chi connectivity index (χ0n) is 15.1. The van der Waals surface area contributed by atoms with Gasteiger partial charge in [0.05, 0.1) is 6.10 Å². The van der Waals surface area contributed by atoms with E-state index in [0.717, 1.165) is 31.7 Å². The minimum Gasteiger partial charge on any atom is -0.490 e. The number of nitrogens with zero attached hydrogens (tertiary/aromatic N) is 3. The molecule has 6 nitrogen and oxygen atoms in total. The van der Waals surface area contributed by atoms with Gasteiger partial charge in [0, 0.05) is 26.2 Å². The molecule has 0 unspecified atom stereocenters. The van der Waals surface area contributed by atoms with Crippen molar-refractivity contribution in [3.05, 3.63) is 47.8 Å². The van der Waals surface area contributed by atoms with Gasteiger partial charge in [0.2, 0.25) is 0 Å². The summed E-state index contributed by atoms with van der Waals surface area (Å²) in [6.07, 6.45) is 3.73. The van der Waals surface area contributed by atoms with E-state index in [1.165, 1.54) is 17.2 Å². The van der Waals surface area contributed by atoms with E-state index in [0.29, 0.717) is 17.5 Å². The molecule has 136 valence electrons. The Labute approximate surface area is 152 Å². The SMILES string of the molecule is CC(=O)c1ccn(C(=O)N2C[C@H]3C[C@H](Oc4cccc(C)c4)C[C@H]3C2)n1. The molecule has 2 heterocycles. The number of ketones is 1. The zero-order valence-corrected chi connectivity index (χ0v) is 15.1. The highest BCUT2D eigenvalue weighted by Gasteiger charge is 2.43. The van der Waals surface area contributed by atoms with E-state index in [9.17, 15) is 9.59 Å². The molecule has 1 saturated carbocycles. The monoisotopic (exact) mass is 353 g/mol. The van der Waals surface area contributed by atoms with Crippen molar-refractivity contribution in [3.8, 4) is 5.75 Å². The van der Waals surface area contributed by atoms with Crippen LogP contribution in [-0.2, 0) is 0 Å². The van der Waals surface area contributed by atoms with Gasteiger partial charge < -0.3 is 9.64 Å². The van der Waals surface area contributed by atoms with Crippen molar-refractivity contribution in [3.63, 3.8) is 0 Å². The second-order valence-corrected chi connectivity index (χ2v) is 7.44. The molecule has 1 aromatic carbocycles. The average Bonchev–Trinajstić information content (AvgIpc) is 3.28. The maximum atomic E-state index is 12.6. The molecular formula is C20H23N3O3. The molecule has 2 aliphatic rings. The first-order valence-corrected chi connectivity index (χ1v) is 9.09. The summed E-state index contributed by atoms with van der Waals surface area (Å²) >= 11 is 0. The highest BCUT2D eigenvalue weighted by molar-refractivity contribution is 5.92. The number of hydrogen-bond donors (Lipinski definition) is 0. The van der Waals surface area contributed by atoms with Crippen molar-refractivity contribution >= 4 is 11.8 Å². The number of hydrogen-bond acceptors (Lipinski definition) is 4. The number of carbonyl (C=O) groups excluding carboxylic acids is 2. The van der Waals surface area contributed by atoms with Crippen molar-refractivity contribution in [2.24, 2.45) is 11.8 Å². The molecule has 3 atom stereocenters. The quantitative estimate of drug-likeness (QED) is 0.795. The van der Waals surface area contributed by atoms with E-state index in [-0.39, 0.29) is 17.9 Å². The van der Waals surface area contributed by atoms with Gasteiger partial charge in [-0.15, -0.1) is 0 Å². The van der Waals surface area contributed by atoms with Crippen LogP contribution < -0.4 is 4.74 Å². The van der Waals surface area contributed by atoms with Crippen LogP contribution in [0.2, 0.25) is 0 Å². The Kier molecular flexibility index (Phi) is 4.26. The fraction of sp³-hybridized carbons (Fsp3) is 0.450. The van der Waals surface area contributed by atoms with Crippen LogP contribution in [0.4, 0.5) is 4.79 Å². The number of Topliss-reactive ketones (excluding diaryl/α,β-unsaturated/α-hetero) is 1. The summed E-state index contributed by atoms with van der Waals surface area (Å²) in [7, 11) is 0. The number of carbonyl (C=O) groups is 2. The summed E-state index contributed by atoms with van der Waals surface area (Å²) in [5.74, 6) is 1.73. The van der Waals surface area contributed by atoms with E-state index in [4.69, 9.17) is 4.74 Å². The Morgan fingerprint density at radius 3 is 2.50 bits per heavy atom. The first-order chi connectivity index (χ1) is 12.5. The van der Waals surface area contributed by atoms with Crippen LogP contribution in [0.1, 0.15) is 35.8 Å². The lowest BCUT2D eigenvalue weighted by atomic mass is 10.0. The predicted molar refractivity (Wildman–Crippen MR) is 96.4 cm³/mol. The van der Waals surface area contributed by atoms with Gasteiger partial charge in [0.15, 0.2) is 5.78 Å². The number of rotatable bonds is 3. The van der Waals surface area contributed by atoms with Gasteiger partial charge in [-0.25, -0.2) is 4.79 Å². The molecule has 4 rings (SSSR count). The molecule has 26 heavy (non-hydrogen) atoms. The number of aromatic nitrogens is 2. The third kappa shape index (κ3) is 3.23. The number of aryl methyl sites for hydroxylation is 1. The van der Waals surface area contributed by atoms with E-state index in [1.807, 2.05) is 17.0 Å². The number of amides is 1. The van der Waals surface area contributed by atoms with Crippen molar-refractivity contribution in [2.75, 3.05) is 13.1 Å². The molecule has 1 aromatic heterocycles. The summed E-state index contributed by atoms with van der Waals surface area (Å²) < 4.78 is 7.42. The number of likely N-dealkylation sites (tertiary alicyclic amines) is 1. The van der Waals surface area contributed by atoms with Gasteiger partial charge in [0.25, 0.3) is 0 Å². The fourth-order valence-corrected chi connectivity index (χ4v) is 4.14. The normalized spacial score (nSPS) is 24.5. The Morgan fingerprint density at radius 2 is 1.88 bits per heavy atom. The molecule has 1 saturated heterocycles. The van der Waals surface area contributed by atoms with E-state index < -0.39 is 0 Å². The molecule has 0 radical (unpaired) electrons. The van der Waals surface area contributed by atoms with Crippen molar-refractivity contribution in [1.82, 2.24) is 14.7 Å². The van der Waals surface area contributed by atoms with Crippen LogP contribution in [0.5, 0.6) is 5.75 Å². The number of fused-ring (bicyclic) bond motifs is 1. The van der Waals surface area contributed by atoms with Crippen LogP contribution in [-0.4, -0.2) is 45.7 Å². The molecule has 1 aliphatic heterocycles. The minimum atomic E-state index is -0.150. The van der Waals surface area contributed by atoms with Crippen LogP contribution >= 0.6 is 0 Å². The highest BCUT2D eigenvalue weighted by atomic mass is 16.5. The maximum Gasteiger partial charge on any atom is 0.344 e. The maximum absolute atomic E-state index is 12.6. The van der Waals surface area contributed by atoms with Gasteiger partial charge >= 0.3 is 6.03 Å². The lowest BCUT2D eigenvalue weighted by Gasteiger charge is -2.20. The fourth-order valence-electron chi connectivity index (χ4n) is 4.14. The lowest BCUT2D eigenvalue weighted by Crippen LogP contribution is -2.34. The number of benzene rings is 1. The van der Waals surface area contributed by atoms with Crippen molar-refractivity contribution in [2.45, 2.75) is 32.8 Å². The third-order valence-electron chi connectivity index (χ3n) is 5.42. The van der Waals surface area contributed by atoms with Crippen LogP contribution in [0, 0.1) is 18.8 Å². The molecule has 1 amide bonds. The number of ether oxygens (including phenoxy) is 1. The summed E-state index contributed by atoms with van der Waals surface area (Å²) in [6, 6.07) is 9.58. The molecule has 2 aromatic rings. The van der Waals surface area contributed by atoms with Crippen molar-refractivity contribution in [1.29, 1.82) is 0 Å². The molecule has 0 spiro atoms. The smallest absolute Gasteiger partial charge is 0.344 e. The third-order valence-corrected chi connectivity index (χ3v) is 5.42. The average molecular weight is 353 g/mol. The summed E-state index contributed by atoms with van der Waals surface area (Å²) in [4.78, 5) is 25.8. The lowest BCUT2D eigenvalue weighted by molar-refractivity contribution is 0.101. The Morgan fingerprint density at radius 1 is 1.15 bits per heavy atom. The van der Waals surface area contributed by atoms with Gasteiger partial charge in [-0.05, 0) is 55.4 Å². The van der Waals surface area contributed by atoms with Crippen LogP contribution in [0.15, 0.2) is 36.5 Å². The van der Waals surface area contributed by atoms with Crippen LogP contribution in [0.3, 0.4) is 0 Å². The molecule has 0 N–H and O–H groups in total. The summed E-state index contributed by atoms with van der Waals surface area (Å²) in [5, 5.41) is 4.08. The predicted octanol–water partition coefficient (Wildman–Crippen LogP) is 3.15. The summed E-state index contributed by atoms with van der Waals surface area (Å²) in [6.45, 7) is 4.97. The minimum absolute atomic E-state index is 0.133. The molecule has 1 aliphatic carbocycles. The van der Waals surface area contributed by atoms with Gasteiger partial charge in [-0.3, -0.25) is 4.79 Å². The second-order valence-electron chi connectivity index (χ2n) is 7.44. The second kappa shape index (κ2) is 6.59. The van der Waals surface area contributed by atoms with E-state index in [1.54, 1.807) is 12.3 Å². The largest absolute Gasteiger partial charge is 0.490 e. The van der Waals surface area contributed by atoms with E-state index in [2.05, 4.69) is 24.2 Å². The summed E-state index contributed by atoms with van der Waals surface area (Å²) in [5.41, 5.74) is 1.52. The Hall–Kier alpha value is -2.63. The van der Waals surface area contributed by atoms with Crippen LogP contribution in [0.25, 0.3) is 0 Å². The molecule has 2 fully saturated rings. The Balaban J connectivity index is 1.35. The first kappa shape index (κ1) is 16.8. The molecular weight excluding hydrogens is 330 g/mol. The highest BCUT2D eigenvalue weighted by Crippen LogP contribution is 2.40. The topological polar surface area (TPSA) is 64.4 Å². The zero-order chi connectivity index (χ0) is 18.3. The van der Waals surface area contributed by atoms with Gasteiger partial charge in [-0.2, -0.15) is 9.78 Å². The molecule has 6 heteroatoms. The molecule has 0 bridgehead atoms. The van der Waals surface area contributed by atoms with E-state index >= 15 is 0 Å². The van der Waals surface area contributed by atoms with Crippen molar-refractivity contribution < 1.29 is 14.3 Å². The Bertz CT molecular complexity index is 830.